The van der Waals surface area contributed by atoms with Crippen molar-refractivity contribution in [3.05, 3.63) is 21.3 Å². The van der Waals surface area contributed by atoms with E-state index in [0.29, 0.717) is 5.92 Å². The van der Waals surface area contributed by atoms with Gasteiger partial charge in [-0.2, -0.15) is 0 Å². The van der Waals surface area contributed by atoms with E-state index in [-0.39, 0.29) is 18.1 Å². The van der Waals surface area contributed by atoms with E-state index in [1.807, 2.05) is 19.1 Å². The largest absolute Gasteiger partial charge is 0.468 e. The highest BCUT2D eigenvalue weighted by Gasteiger charge is 2.37. The highest BCUT2D eigenvalue weighted by molar-refractivity contribution is 7.16. The van der Waals surface area contributed by atoms with E-state index in [9.17, 15) is 4.79 Å². The molecule has 2 atom stereocenters. The Bertz CT molecular complexity index is 403. The van der Waals surface area contributed by atoms with Crippen LogP contribution in [0.4, 0.5) is 0 Å². The van der Waals surface area contributed by atoms with Gasteiger partial charge in [0.1, 0.15) is 6.04 Å². The monoisotopic (exact) mass is 273 g/mol. The number of ether oxygens (including phenoxy) is 1. The molecule has 5 heteroatoms. The van der Waals surface area contributed by atoms with Crippen LogP contribution in [0.15, 0.2) is 12.1 Å². The van der Waals surface area contributed by atoms with Crippen LogP contribution in [0.25, 0.3) is 0 Å². The van der Waals surface area contributed by atoms with Crippen molar-refractivity contribution in [3.8, 4) is 0 Å². The molecule has 1 aromatic rings. The normalized spacial score (nSPS) is 18.8. The Morgan fingerprint density at radius 2 is 2.29 bits per heavy atom. The number of thiophene rings is 1. The van der Waals surface area contributed by atoms with Gasteiger partial charge in [0.15, 0.2) is 0 Å². The third kappa shape index (κ3) is 3.21. The number of methoxy groups -OCH3 is 1. The minimum Gasteiger partial charge on any atom is -0.468 e. The van der Waals surface area contributed by atoms with E-state index < -0.39 is 0 Å². The molecule has 2 rings (SSSR count). The second kappa shape index (κ2) is 5.38. The van der Waals surface area contributed by atoms with Crippen LogP contribution in [0.1, 0.15) is 30.7 Å². The van der Waals surface area contributed by atoms with Gasteiger partial charge in [-0.05, 0) is 37.8 Å². The molecule has 1 heterocycles. The van der Waals surface area contributed by atoms with Crippen LogP contribution in [0.3, 0.4) is 0 Å². The average molecular weight is 274 g/mol. The van der Waals surface area contributed by atoms with Crippen LogP contribution in [0.2, 0.25) is 4.34 Å². The molecule has 94 valence electrons. The molecular formula is C12H16ClNO2S. The molecule has 1 aliphatic carbocycles. The Labute approximate surface area is 110 Å². The Kier molecular flexibility index (Phi) is 4.07. The van der Waals surface area contributed by atoms with Crippen molar-refractivity contribution < 1.29 is 9.53 Å². The number of hydrogen-bond acceptors (Lipinski definition) is 4. The van der Waals surface area contributed by atoms with E-state index in [0.717, 1.165) is 22.1 Å². The zero-order valence-electron chi connectivity index (χ0n) is 9.90. The summed E-state index contributed by atoms with van der Waals surface area (Å²) in [5, 5.41) is 3.34. The molecule has 0 spiro atoms. The first-order valence-corrected chi connectivity index (χ1v) is 6.90. The van der Waals surface area contributed by atoms with E-state index in [2.05, 4.69) is 5.32 Å². The molecule has 0 radical (unpaired) electrons. The molecule has 17 heavy (non-hydrogen) atoms. The van der Waals surface area contributed by atoms with E-state index >= 15 is 0 Å². The quantitative estimate of drug-likeness (QED) is 0.838. The lowest BCUT2D eigenvalue weighted by Gasteiger charge is -2.20. The summed E-state index contributed by atoms with van der Waals surface area (Å²) in [5.41, 5.74) is 0. The molecular weight excluding hydrogens is 258 g/mol. The van der Waals surface area contributed by atoms with Gasteiger partial charge >= 0.3 is 5.97 Å². The maximum atomic E-state index is 11.7. The first-order valence-electron chi connectivity index (χ1n) is 5.71. The lowest BCUT2D eigenvalue weighted by Crippen LogP contribution is -2.40. The second-order valence-corrected chi connectivity index (χ2v) is 6.12. The van der Waals surface area contributed by atoms with Crippen LogP contribution in [-0.2, 0) is 9.53 Å². The fraction of sp³-hybridized carbons (Fsp3) is 0.583. The molecule has 2 unspecified atom stereocenters. The van der Waals surface area contributed by atoms with Crippen molar-refractivity contribution in [2.45, 2.75) is 31.8 Å². The Balaban J connectivity index is 2.00. The Morgan fingerprint density at radius 1 is 1.59 bits per heavy atom. The zero-order valence-corrected chi connectivity index (χ0v) is 11.5. The maximum Gasteiger partial charge on any atom is 0.323 e. The Hall–Kier alpha value is -0.580. The zero-order chi connectivity index (χ0) is 12.4. The summed E-state index contributed by atoms with van der Waals surface area (Å²) in [6, 6.07) is 3.81. The van der Waals surface area contributed by atoms with Crippen molar-refractivity contribution in [2.75, 3.05) is 7.11 Å². The predicted octanol–water partition coefficient (Wildman–Crippen LogP) is 3.00. The van der Waals surface area contributed by atoms with Crippen molar-refractivity contribution >= 4 is 28.9 Å². The third-order valence-corrected chi connectivity index (χ3v) is 4.41. The van der Waals surface area contributed by atoms with Gasteiger partial charge < -0.3 is 4.74 Å². The number of nitrogens with one attached hydrogen (secondary N) is 1. The fourth-order valence-electron chi connectivity index (χ4n) is 1.87. The maximum absolute atomic E-state index is 11.7. The summed E-state index contributed by atoms with van der Waals surface area (Å²) < 4.78 is 5.60. The number of hydrogen-bond donors (Lipinski definition) is 1. The lowest BCUT2D eigenvalue weighted by molar-refractivity contribution is -0.143. The van der Waals surface area contributed by atoms with Crippen LogP contribution >= 0.6 is 22.9 Å². The van der Waals surface area contributed by atoms with Crippen molar-refractivity contribution in [2.24, 2.45) is 5.92 Å². The molecule has 0 bridgehead atoms. The van der Waals surface area contributed by atoms with Crippen LogP contribution in [0, 0.1) is 5.92 Å². The molecule has 1 N–H and O–H groups in total. The van der Waals surface area contributed by atoms with Gasteiger partial charge in [-0.3, -0.25) is 10.1 Å². The minimum atomic E-state index is -0.184. The summed E-state index contributed by atoms with van der Waals surface area (Å²) in [5.74, 6) is 0.266. The molecule has 1 fully saturated rings. The number of halogens is 1. The summed E-state index contributed by atoms with van der Waals surface area (Å²) in [6.45, 7) is 2.04. The van der Waals surface area contributed by atoms with Gasteiger partial charge in [-0.25, -0.2) is 0 Å². The van der Waals surface area contributed by atoms with Gasteiger partial charge in [0.25, 0.3) is 0 Å². The van der Waals surface area contributed by atoms with Crippen molar-refractivity contribution in [1.29, 1.82) is 0 Å². The molecule has 1 aliphatic rings. The van der Waals surface area contributed by atoms with Crippen LogP contribution in [-0.4, -0.2) is 19.1 Å². The molecule has 0 amide bonds. The highest BCUT2D eigenvalue weighted by Crippen LogP contribution is 2.35. The molecule has 1 aromatic heterocycles. The molecule has 0 aliphatic heterocycles. The third-order valence-electron chi connectivity index (χ3n) is 3.00. The standard InChI is InChI=1S/C12H16ClNO2S/c1-7(9-5-6-10(13)17-9)14-11(8-3-4-8)12(15)16-2/h5-8,11,14H,3-4H2,1-2H3. The van der Waals surface area contributed by atoms with Crippen molar-refractivity contribution in [1.82, 2.24) is 5.32 Å². The summed E-state index contributed by atoms with van der Waals surface area (Å²) in [4.78, 5) is 12.8. The first-order chi connectivity index (χ1) is 8.11. The summed E-state index contributed by atoms with van der Waals surface area (Å²) in [7, 11) is 1.44. The molecule has 0 saturated heterocycles. The fourth-order valence-corrected chi connectivity index (χ4v) is 2.94. The smallest absolute Gasteiger partial charge is 0.323 e. The van der Waals surface area contributed by atoms with Crippen molar-refractivity contribution in [3.63, 3.8) is 0 Å². The van der Waals surface area contributed by atoms with Gasteiger partial charge in [0.2, 0.25) is 0 Å². The van der Waals surface area contributed by atoms with Gasteiger partial charge in [-0.1, -0.05) is 11.6 Å². The Morgan fingerprint density at radius 3 is 2.76 bits per heavy atom. The molecule has 1 saturated carbocycles. The lowest BCUT2D eigenvalue weighted by atomic mass is 10.1. The molecule has 0 aromatic carbocycles. The summed E-state index contributed by atoms with van der Waals surface area (Å²) in [6.07, 6.45) is 2.20. The second-order valence-electron chi connectivity index (χ2n) is 4.37. The number of carbonyl (C=O) groups is 1. The van der Waals surface area contributed by atoms with E-state index in [1.54, 1.807) is 11.3 Å². The molecule has 3 nitrogen and oxygen atoms in total. The van der Waals surface area contributed by atoms with Gasteiger partial charge in [0.05, 0.1) is 11.4 Å². The topological polar surface area (TPSA) is 38.3 Å². The number of rotatable bonds is 5. The van der Waals surface area contributed by atoms with E-state index in [4.69, 9.17) is 16.3 Å². The van der Waals surface area contributed by atoms with Crippen LogP contribution in [0.5, 0.6) is 0 Å². The SMILES string of the molecule is COC(=O)C(NC(C)c1ccc(Cl)s1)C1CC1. The average Bonchev–Trinajstić information content (AvgIpc) is 3.06. The van der Waals surface area contributed by atoms with Gasteiger partial charge in [0, 0.05) is 10.9 Å². The predicted molar refractivity (Wildman–Crippen MR) is 69.4 cm³/mol. The summed E-state index contributed by atoms with van der Waals surface area (Å²) >= 11 is 7.44. The number of carbonyl (C=O) groups excluding carboxylic acids is 1. The van der Waals surface area contributed by atoms with Gasteiger partial charge in [-0.15, -0.1) is 11.3 Å². The van der Waals surface area contributed by atoms with E-state index in [1.165, 1.54) is 7.11 Å². The highest BCUT2D eigenvalue weighted by atomic mass is 35.5. The van der Waals surface area contributed by atoms with Crippen LogP contribution < -0.4 is 5.32 Å². The minimum absolute atomic E-state index is 0.122. The number of esters is 1. The first kappa shape index (κ1) is 12.9.